The van der Waals surface area contributed by atoms with Crippen molar-refractivity contribution in [3.05, 3.63) is 58.2 Å². The number of benzene rings is 1. The smallest absolute Gasteiger partial charge is 0.262 e. The Morgan fingerprint density at radius 2 is 1.94 bits per heavy atom. The molecule has 3 aromatic rings. The lowest BCUT2D eigenvalue weighted by Gasteiger charge is -2.35. The summed E-state index contributed by atoms with van der Waals surface area (Å²) in [5, 5.41) is 8.08. The highest BCUT2D eigenvalue weighted by Crippen LogP contribution is 2.42. The first-order chi connectivity index (χ1) is 15.0. The van der Waals surface area contributed by atoms with Crippen LogP contribution >= 0.6 is 11.3 Å². The molecule has 1 fully saturated rings. The summed E-state index contributed by atoms with van der Waals surface area (Å²) in [5.41, 5.74) is 5.87. The molecule has 5 nitrogen and oxygen atoms in total. The molecule has 2 aliphatic rings. The van der Waals surface area contributed by atoms with Gasteiger partial charge in [-0.05, 0) is 69.2 Å². The average molecular weight is 435 g/mol. The summed E-state index contributed by atoms with van der Waals surface area (Å²) in [6.45, 7) is 8.61. The van der Waals surface area contributed by atoms with E-state index in [9.17, 15) is 4.79 Å². The lowest BCUT2D eigenvalue weighted by atomic mass is 9.95. The Bertz CT molecular complexity index is 1090. The summed E-state index contributed by atoms with van der Waals surface area (Å²) in [4.78, 5) is 17.5. The lowest BCUT2D eigenvalue weighted by Crippen LogP contribution is -2.49. The minimum absolute atomic E-state index is 0.0418. The third-order valence-corrected chi connectivity index (χ3v) is 7.95. The number of likely N-dealkylation sites (tertiary alicyclic amines) is 1. The van der Waals surface area contributed by atoms with E-state index in [0.29, 0.717) is 0 Å². The molecule has 0 saturated carbocycles. The van der Waals surface area contributed by atoms with Gasteiger partial charge in [-0.2, -0.15) is 5.10 Å². The van der Waals surface area contributed by atoms with Crippen molar-refractivity contribution < 1.29 is 4.79 Å². The molecule has 1 amide bonds. The number of amides is 1. The van der Waals surface area contributed by atoms with Crippen LogP contribution in [0.5, 0.6) is 0 Å². The van der Waals surface area contributed by atoms with E-state index in [-0.39, 0.29) is 12.1 Å². The van der Waals surface area contributed by atoms with Crippen molar-refractivity contribution in [3.63, 3.8) is 0 Å². The van der Waals surface area contributed by atoms with Crippen LogP contribution in [0.3, 0.4) is 0 Å². The molecule has 1 aliphatic carbocycles. The van der Waals surface area contributed by atoms with Crippen LogP contribution in [-0.4, -0.2) is 39.8 Å². The van der Waals surface area contributed by atoms with Crippen molar-refractivity contribution in [2.45, 2.75) is 52.6 Å². The molecule has 3 heterocycles. The molecular weight excluding hydrogens is 404 g/mol. The first kappa shape index (κ1) is 20.5. The first-order valence-electron chi connectivity index (χ1n) is 11.3. The Morgan fingerprint density at radius 1 is 1.19 bits per heavy atom. The normalized spacial score (nSPS) is 17.8. The zero-order chi connectivity index (χ0) is 21.5. The monoisotopic (exact) mass is 434 g/mol. The lowest BCUT2D eigenvalue weighted by molar-refractivity contribution is 0.0814. The van der Waals surface area contributed by atoms with Gasteiger partial charge >= 0.3 is 0 Å². The van der Waals surface area contributed by atoms with E-state index >= 15 is 0 Å². The highest BCUT2D eigenvalue weighted by atomic mass is 32.1. The molecule has 1 unspecified atom stereocenters. The van der Waals surface area contributed by atoms with Crippen molar-refractivity contribution in [2.24, 2.45) is 5.92 Å². The second kappa shape index (κ2) is 8.24. The molecule has 1 aliphatic heterocycles. The van der Waals surface area contributed by atoms with Crippen molar-refractivity contribution in [2.75, 3.05) is 13.1 Å². The standard InChI is InChI=1S/C25H30N4OS/c1-16-11-13-28(14-12-16)18(3)26-25(30)22-15-19-9-10-21-23(24(19)31-22)17(2)27-29(21)20-7-5-4-6-8-20/h4-8,15-16,18H,9-14H2,1-3H3,(H,26,30). The van der Waals surface area contributed by atoms with Gasteiger partial charge in [0, 0.05) is 23.5 Å². The SMILES string of the molecule is Cc1nn(-c2ccccc2)c2c1-c1sc(C(=O)NC(C)N3CCC(C)CC3)cc1CC2. The van der Waals surface area contributed by atoms with E-state index in [4.69, 9.17) is 5.10 Å². The van der Waals surface area contributed by atoms with Crippen LogP contribution in [0.2, 0.25) is 0 Å². The molecule has 2 aromatic heterocycles. The van der Waals surface area contributed by atoms with Gasteiger partial charge in [-0.15, -0.1) is 11.3 Å². The summed E-state index contributed by atoms with van der Waals surface area (Å²) in [7, 11) is 0. The maximum atomic E-state index is 13.1. The minimum Gasteiger partial charge on any atom is -0.336 e. The molecule has 162 valence electrons. The van der Waals surface area contributed by atoms with Crippen LogP contribution in [-0.2, 0) is 12.8 Å². The topological polar surface area (TPSA) is 50.2 Å². The summed E-state index contributed by atoms with van der Waals surface area (Å²) in [5.74, 6) is 0.831. The number of rotatable bonds is 4. The molecule has 6 heteroatoms. The number of para-hydroxylation sites is 1. The van der Waals surface area contributed by atoms with Gasteiger partial charge in [0.25, 0.3) is 5.91 Å². The zero-order valence-corrected chi connectivity index (χ0v) is 19.3. The second-order valence-corrected chi connectivity index (χ2v) is 10.0. The van der Waals surface area contributed by atoms with Crippen LogP contribution in [0.15, 0.2) is 36.4 Å². The molecule has 0 bridgehead atoms. The Kier molecular flexibility index (Phi) is 5.44. The molecule has 1 saturated heterocycles. The van der Waals surface area contributed by atoms with E-state index in [2.05, 4.69) is 53.9 Å². The van der Waals surface area contributed by atoms with E-state index < -0.39 is 0 Å². The van der Waals surface area contributed by atoms with Gasteiger partial charge in [0.2, 0.25) is 0 Å². The fourth-order valence-electron chi connectivity index (χ4n) is 4.84. The van der Waals surface area contributed by atoms with Gasteiger partial charge in [-0.25, -0.2) is 4.68 Å². The third-order valence-electron chi connectivity index (χ3n) is 6.75. The van der Waals surface area contributed by atoms with Crippen LogP contribution in [0.25, 0.3) is 16.1 Å². The molecule has 31 heavy (non-hydrogen) atoms. The van der Waals surface area contributed by atoms with Gasteiger partial charge in [-0.1, -0.05) is 25.1 Å². The molecule has 1 atom stereocenters. The first-order valence-corrected chi connectivity index (χ1v) is 12.1. The summed E-state index contributed by atoms with van der Waals surface area (Å²) in [6, 6.07) is 12.4. The fraction of sp³-hybridized carbons (Fsp3) is 0.440. The number of carbonyl (C=O) groups excluding carboxylic acids is 1. The maximum absolute atomic E-state index is 13.1. The maximum Gasteiger partial charge on any atom is 0.262 e. The van der Waals surface area contributed by atoms with Crippen molar-refractivity contribution in [1.82, 2.24) is 20.0 Å². The molecule has 0 radical (unpaired) electrons. The van der Waals surface area contributed by atoms with Gasteiger partial charge in [0.15, 0.2) is 0 Å². The number of thiophene rings is 1. The van der Waals surface area contributed by atoms with E-state index in [1.165, 1.54) is 34.5 Å². The number of hydrogen-bond donors (Lipinski definition) is 1. The number of fused-ring (bicyclic) bond motifs is 3. The van der Waals surface area contributed by atoms with Gasteiger partial charge in [0.1, 0.15) is 0 Å². The van der Waals surface area contributed by atoms with Gasteiger partial charge in [-0.3, -0.25) is 9.69 Å². The second-order valence-electron chi connectivity index (χ2n) is 8.99. The molecule has 0 spiro atoms. The number of piperidine rings is 1. The number of aryl methyl sites for hydroxylation is 2. The largest absolute Gasteiger partial charge is 0.336 e. The summed E-state index contributed by atoms with van der Waals surface area (Å²) in [6.07, 6.45) is 4.38. The van der Waals surface area contributed by atoms with Crippen molar-refractivity contribution in [3.8, 4) is 16.1 Å². The highest BCUT2D eigenvalue weighted by Gasteiger charge is 2.28. The molecule has 1 aromatic carbocycles. The number of nitrogens with one attached hydrogen (secondary N) is 1. The average Bonchev–Trinajstić information content (AvgIpc) is 3.36. The van der Waals surface area contributed by atoms with Gasteiger partial charge < -0.3 is 5.32 Å². The summed E-state index contributed by atoms with van der Waals surface area (Å²) < 4.78 is 2.08. The fourth-order valence-corrected chi connectivity index (χ4v) is 6.08. The Hall–Kier alpha value is -2.44. The summed E-state index contributed by atoms with van der Waals surface area (Å²) >= 11 is 1.61. The van der Waals surface area contributed by atoms with Crippen LogP contribution in [0.1, 0.15) is 53.3 Å². The predicted molar refractivity (Wildman–Crippen MR) is 126 cm³/mol. The van der Waals surface area contributed by atoms with Crippen LogP contribution in [0, 0.1) is 12.8 Å². The number of hydrogen-bond acceptors (Lipinski definition) is 4. The van der Waals surface area contributed by atoms with Crippen molar-refractivity contribution in [1.29, 1.82) is 0 Å². The number of carbonyl (C=O) groups is 1. The Balaban J connectivity index is 1.39. The van der Waals surface area contributed by atoms with E-state index in [0.717, 1.165) is 48.1 Å². The molecule has 1 N–H and O–H groups in total. The number of nitrogens with zero attached hydrogens (tertiary/aromatic N) is 3. The third kappa shape index (κ3) is 3.83. The Labute approximate surface area is 188 Å². The van der Waals surface area contributed by atoms with Crippen molar-refractivity contribution >= 4 is 17.2 Å². The minimum atomic E-state index is 0.0418. The zero-order valence-electron chi connectivity index (χ0n) is 18.5. The van der Waals surface area contributed by atoms with Crippen LogP contribution in [0.4, 0.5) is 0 Å². The number of aromatic nitrogens is 2. The highest BCUT2D eigenvalue weighted by molar-refractivity contribution is 7.17. The molecule has 5 rings (SSSR count). The quantitative estimate of drug-likeness (QED) is 0.641. The van der Waals surface area contributed by atoms with E-state index in [1.807, 2.05) is 18.2 Å². The molecular formula is C25H30N4OS. The predicted octanol–water partition coefficient (Wildman–Crippen LogP) is 4.82. The van der Waals surface area contributed by atoms with E-state index in [1.54, 1.807) is 11.3 Å². The Morgan fingerprint density at radius 3 is 2.68 bits per heavy atom. The van der Waals surface area contributed by atoms with Gasteiger partial charge in [0.05, 0.1) is 28.1 Å². The van der Waals surface area contributed by atoms with Crippen LogP contribution < -0.4 is 5.32 Å².